The summed E-state index contributed by atoms with van der Waals surface area (Å²) in [5.74, 6) is 0. The molecular formula is C11H13BrN2S2. The van der Waals surface area contributed by atoms with Gasteiger partial charge in [-0.1, -0.05) is 6.92 Å². The molecule has 2 nitrogen and oxygen atoms in total. The van der Waals surface area contributed by atoms with Crippen molar-refractivity contribution in [3.8, 4) is 0 Å². The molecule has 2 heterocycles. The van der Waals surface area contributed by atoms with Crippen LogP contribution in [0.2, 0.25) is 0 Å². The molecule has 0 aliphatic rings. The van der Waals surface area contributed by atoms with Crippen LogP contribution in [0.4, 0.5) is 0 Å². The predicted molar refractivity (Wildman–Crippen MR) is 74.3 cm³/mol. The fourth-order valence-corrected chi connectivity index (χ4v) is 3.66. The molecule has 2 aromatic heterocycles. The van der Waals surface area contributed by atoms with E-state index in [1.807, 2.05) is 5.51 Å². The largest absolute Gasteiger partial charge is 0.305 e. The molecule has 0 spiro atoms. The number of halogens is 1. The second kappa shape index (κ2) is 5.91. The van der Waals surface area contributed by atoms with Gasteiger partial charge in [0, 0.05) is 20.8 Å². The monoisotopic (exact) mass is 316 g/mol. The Hall–Kier alpha value is -0.230. The number of thiazole rings is 1. The molecule has 0 amide bonds. The van der Waals surface area contributed by atoms with Crippen molar-refractivity contribution < 1.29 is 0 Å². The van der Waals surface area contributed by atoms with E-state index in [0.717, 1.165) is 18.7 Å². The summed E-state index contributed by atoms with van der Waals surface area (Å²) in [6.07, 6.45) is 1.13. The molecule has 5 heteroatoms. The molecule has 0 saturated heterocycles. The maximum atomic E-state index is 4.41. The van der Waals surface area contributed by atoms with Gasteiger partial charge in [0.25, 0.3) is 0 Å². The number of hydrogen-bond acceptors (Lipinski definition) is 4. The van der Waals surface area contributed by atoms with Crippen LogP contribution in [0.25, 0.3) is 0 Å². The van der Waals surface area contributed by atoms with Gasteiger partial charge in [-0.3, -0.25) is 0 Å². The van der Waals surface area contributed by atoms with Gasteiger partial charge >= 0.3 is 0 Å². The fourth-order valence-electron chi connectivity index (χ4n) is 1.52. The van der Waals surface area contributed by atoms with E-state index >= 15 is 0 Å². The van der Waals surface area contributed by atoms with Crippen LogP contribution >= 0.6 is 38.6 Å². The fraction of sp³-hybridized carbons (Fsp3) is 0.364. The number of nitrogens with zero attached hydrogens (tertiary/aromatic N) is 1. The van der Waals surface area contributed by atoms with Crippen LogP contribution in [0.1, 0.15) is 30.6 Å². The quantitative estimate of drug-likeness (QED) is 0.900. The summed E-state index contributed by atoms with van der Waals surface area (Å²) in [5, 5.41) is 9.94. The highest BCUT2D eigenvalue weighted by Gasteiger charge is 2.18. The van der Waals surface area contributed by atoms with Crippen molar-refractivity contribution in [3.63, 3.8) is 0 Å². The molecule has 86 valence electrons. The number of rotatable bonds is 5. The number of nitrogens with one attached hydrogen (secondary N) is 1. The Morgan fingerprint density at radius 2 is 2.25 bits per heavy atom. The summed E-state index contributed by atoms with van der Waals surface area (Å²) in [4.78, 5) is 4.41. The van der Waals surface area contributed by atoms with Crippen LogP contribution in [-0.2, 0) is 0 Å². The van der Waals surface area contributed by atoms with Gasteiger partial charge in [-0.2, -0.15) is 11.3 Å². The summed E-state index contributed by atoms with van der Waals surface area (Å²) in [7, 11) is 0. The topological polar surface area (TPSA) is 24.9 Å². The molecule has 0 saturated carbocycles. The normalized spacial score (nSPS) is 12.9. The minimum atomic E-state index is 0.215. The van der Waals surface area contributed by atoms with Gasteiger partial charge in [0.05, 0.1) is 17.2 Å². The Bertz CT molecular complexity index is 425. The molecule has 2 rings (SSSR count). The van der Waals surface area contributed by atoms with Crippen LogP contribution < -0.4 is 5.32 Å². The Morgan fingerprint density at radius 1 is 1.38 bits per heavy atom. The van der Waals surface area contributed by atoms with E-state index in [4.69, 9.17) is 0 Å². The average molecular weight is 317 g/mol. The lowest BCUT2D eigenvalue weighted by atomic mass is 10.1. The third-order valence-corrected chi connectivity index (χ3v) is 4.66. The highest BCUT2D eigenvalue weighted by atomic mass is 79.9. The van der Waals surface area contributed by atoms with E-state index in [0.29, 0.717) is 0 Å². The second-order valence-electron chi connectivity index (χ2n) is 3.48. The summed E-state index contributed by atoms with van der Waals surface area (Å²) in [6.45, 7) is 3.18. The summed E-state index contributed by atoms with van der Waals surface area (Å²) >= 11 is 6.95. The number of aromatic nitrogens is 1. The first-order valence-electron chi connectivity index (χ1n) is 5.16. The lowest BCUT2D eigenvalue weighted by Gasteiger charge is -2.16. The predicted octanol–water partition coefficient (Wildman–Crippen LogP) is 4.06. The van der Waals surface area contributed by atoms with Gasteiger partial charge in [-0.25, -0.2) is 4.98 Å². The van der Waals surface area contributed by atoms with Crippen molar-refractivity contribution in [3.05, 3.63) is 37.4 Å². The van der Waals surface area contributed by atoms with Crippen LogP contribution in [0, 0.1) is 0 Å². The third kappa shape index (κ3) is 2.71. The van der Waals surface area contributed by atoms with Gasteiger partial charge in [0.2, 0.25) is 0 Å². The zero-order valence-electron chi connectivity index (χ0n) is 8.94. The highest BCUT2D eigenvalue weighted by molar-refractivity contribution is 9.10. The Labute approximate surface area is 112 Å². The van der Waals surface area contributed by atoms with Crippen LogP contribution in [0.5, 0.6) is 0 Å². The number of thiophene rings is 1. The second-order valence-corrected chi connectivity index (χ2v) is 5.79. The average Bonchev–Trinajstić information content (AvgIpc) is 2.91. The van der Waals surface area contributed by atoms with E-state index in [9.17, 15) is 0 Å². The molecule has 0 bridgehead atoms. The molecule has 0 aliphatic carbocycles. The molecule has 1 atom stereocenters. The van der Waals surface area contributed by atoms with E-state index in [2.05, 4.69) is 49.3 Å². The van der Waals surface area contributed by atoms with Crippen molar-refractivity contribution >= 4 is 38.6 Å². The molecule has 2 aromatic rings. The summed E-state index contributed by atoms with van der Waals surface area (Å²) < 4.78 is 1.17. The van der Waals surface area contributed by atoms with Crippen molar-refractivity contribution in [1.82, 2.24) is 10.3 Å². The molecular weight excluding hydrogens is 304 g/mol. The highest BCUT2D eigenvalue weighted by Crippen LogP contribution is 2.31. The summed E-state index contributed by atoms with van der Waals surface area (Å²) in [6, 6.07) is 0.215. The molecule has 1 unspecified atom stereocenters. The minimum Gasteiger partial charge on any atom is -0.305 e. The molecule has 0 aromatic carbocycles. The molecule has 0 fully saturated rings. The summed E-state index contributed by atoms with van der Waals surface area (Å²) in [5.41, 5.74) is 4.28. The Balaban J connectivity index is 2.25. The SMILES string of the molecule is CCCNC(c1cscn1)c1cscc1Br. The van der Waals surface area contributed by atoms with E-state index < -0.39 is 0 Å². The lowest BCUT2D eigenvalue weighted by Crippen LogP contribution is -2.23. The molecule has 1 N–H and O–H groups in total. The first-order chi connectivity index (χ1) is 7.83. The van der Waals surface area contributed by atoms with Crippen LogP contribution in [0.15, 0.2) is 26.1 Å². The maximum absolute atomic E-state index is 4.41. The zero-order valence-corrected chi connectivity index (χ0v) is 12.2. The van der Waals surface area contributed by atoms with Crippen LogP contribution in [0.3, 0.4) is 0 Å². The van der Waals surface area contributed by atoms with Crippen LogP contribution in [-0.4, -0.2) is 11.5 Å². The Morgan fingerprint density at radius 3 is 2.81 bits per heavy atom. The van der Waals surface area contributed by atoms with E-state index in [1.165, 1.54) is 10.0 Å². The van der Waals surface area contributed by atoms with Gasteiger partial charge in [-0.15, -0.1) is 11.3 Å². The van der Waals surface area contributed by atoms with Gasteiger partial charge in [0.1, 0.15) is 0 Å². The standard InChI is InChI=1S/C11H13BrN2S2/c1-2-3-13-11(10-6-16-7-14-10)8-4-15-5-9(8)12/h4-7,11,13H,2-3H2,1H3. The first kappa shape index (κ1) is 12.2. The maximum Gasteiger partial charge on any atom is 0.0795 e. The van der Waals surface area contributed by atoms with Crippen molar-refractivity contribution in [2.24, 2.45) is 0 Å². The molecule has 0 aliphatic heterocycles. The van der Waals surface area contributed by atoms with E-state index in [1.54, 1.807) is 22.7 Å². The smallest absolute Gasteiger partial charge is 0.0795 e. The van der Waals surface area contributed by atoms with Gasteiger partial charge in [0.15, 0.2) is 0 Å². The number of hydrogen-bond donors (Lipinski definition) is 1. The molecule has 16 heavy (non-hydrogen) atoms. The van der Waals surface area contributed by atoms with E-state index in [-0.39, 0.29) is 6.04 Å². The minimum absolute atomic E-state index is 0.215. The first-order valence-corrected chi connectivity index (χ1v) is 7.83. The lowest BCUT2D eigenvalue weighted by molar-refractivity contribution is 0.589. The van der Waals surface area contributed by atoms with Crippen molar-refractivity contribution in [2.75, 3.05) is 6.54 Å². The molecule has 0 radical (unpaired) electrons. The van der Waals surface area contributed by atoms with Gasteiger partial charge < -0.3 is 5.32 Å². The van der Waals surface area contributed by atoms with Crippen molar-refractivity contribution in [1.29, 1.82) is 0 Å². The third-order valence-electron chi connectivity index (χ3n) is 2.30. The Kier molecular flexibility index (Phi) is 4.52. The zero-order chi connectivity index (χ0) is 11.4. The van der Waals surface area contributed by atoms with Gasteiger partial charge in [-0.05, 0) is 34.3 Å². The van der Waals surface area contributed by atoms with Crippen molar-refractivity contribution in [2.45, 2.75) is 19.4 Å².